The van der Waals surface area contributed by atoms with Gasteiger partial charge in [0.05, 0.1) is 22.6 Å². The molecule has 0 saturated carbocycles. The maximum absolute atomic E-state index is 13.6. The predicted molar refractivity (Wildman–Crippen MR) is 140 cm³/mol. The van der Waals surface area contributed by atoms with Crippen LogP contribution in [0.15, 0.2) is 53.3 Å². The lowest BCUT2D eigenvalue weighted by molar-refractivity contribution is 0.165. The first kappa shape index (κ1) is 25.8. The van der Waals surface area contributed by atoms with E-state index in [1.807, 2.05) is 58.0 Å². The van der Waals surface area contributed by atoms with E-state index in [2.05, 4.69) is 12.2 Å². The number of nitrogens with one attached hydrogen (secondary N) is 1. The molecule has 1 atom stereocenters. The van der Waals surface area contributed by atoms with Crippen LogP contribution in [0, 0.1) is 0 Å². The minimum absolute atomic E-state index is 0.170. The van der Waals surface area contributed by atoms with Gasteiger partial charge in [-0.05, 0) is 64.4 Å². The molecular weight excluding hydrogens is 448 g/mol. The normalized spacial score (nSPS) is 12.5. The van der Waals surface area contributed by atoms with Gasteiger partial charge in [-0.2, -0.15) is 0 Å². The van der Waals surface area contributed by atoms with Crippen molar-refractivity contribution in [3.63, 3.8) is 0 Å². The number of rotatable bonds is 8. The molecule has 2 aromatic carbocycles. The number of para-hydroxylation sites is 1. The second-order valence-electron chi connectivity index (χ2n) is 9.72. The number of nitrogens with zero attached hydrogens (tertiary/aromatic N) is 3. The van der Waals surface area contributed by atoms with Gasteiger partial charge in [0.15, 0.2) is 0 Å². The predicted octanol–water partition coefficient (Wildman–Crippen LogP) is 6.49. The smallest absolute Gasteiger partial charge is 0.318 e. The lowest BCUT2D eigenvalue weighted by Gasteiger charge is -2.33. The summed E-state index contributed by atoms with van der Waals surface area (Å²) < 4.78 is 1.59. The number of amides is 2. The number of halogens is 1. The average Bonchev–Trinajstić information content (AvgIpc) is 2.77. The molecule has 34 heavy (non-hydrogen) atoms. The number of benzene rings is 2. The van der Waals surface area contributed by atoms with Crippen molar-refractivity contribution >= 4 is 28.5 Å². The highest BCUT2D eigenvalue weighted by Crippen LogP contribution is 2.25. The van der Waals surface area contributed by atoms with Crippen molar-refractivity contribution in [3.05, 3.63) is 69.7 Å². The van der Waals surface area contributed by atoms with Gasteiger partial charge >= 0.3 is 6.03 Å². The van der Waals surface area contributed by atoms with Gasteiger partial charge in [-0.15, -0.1) is 0 Å². The van der Waals surface area contributed by atoms with Crippen molar-refractivity contribution in [1.29, 1.82) is 0 Å². The number of unbranched alkanes of at least 4 members (excludes halogenated alkanes) is 3. The lowest BCUT2D eigenvalue weighted by Crippen LogP contribution is -2.50. The highest BCUT2D eigenvalue weighted by atomic mass is 35.5. The van der Waals surface area contributed by atoms with Crippen molar-refractivity contribution < 1.29 is 4.79 Å². The van der Waals surface area contributed by atoms with Gasteiger partial charge in [-0.3, -0.25) is 9.36 Å². The van der Waals surface area contributed by atoms with Crippen LogP contribution in [-0.4, -0.2) is 32.6 Å². The Kier molecular flexibility index (Phi) is 8.37. The molecule has 1 unspecified atom stereocenters. The number of fused-ring (bicyclic) bond motifs is 1. The van der Waals surface area contributed by atoms with Crippen molar-refractivity contribution in [3.8, 4) is 5.69 Å². The molecule has 0 aliphatic carbocycles. The fourth-order valence-electron chi connectivity index (χ4n) is 4.01. The van der Waals surface area contributed by atoms with E-state index < -0.39 is 6.04 Å². The molecule has 6 nitrogen and oxygen atoms in total. The Hall–Kier alpha value is -2.86. The van der Waals surface area contributed by atoms with E-state index in [0.29, 0.717) is 34.0 Å². The Morgan fingerprint density at radius 3 is 2.53 bits per heavy atom. The second kappa shape index (κ2) is 11.0. The standard InChI is InChI=1S/C27H35ClN4O2/c1-6-7-8-11-17-31(26(34)30-27(3,4)5)19(2)24-29-23-16-10-9-15-22(23)25(33)32(24)21-14-12-13-20(28)18-21/h9-10,12-16,18-19H,6-8,11,17H2,1-5H3,(H,30,34). The summed E-state index contributed by atoms with van der Waals surface area (Å²) in [5.41, 5.74) is 0.661. The zero-order valence-electron chi connectivity index (χ0n) is 20.8. The molecule has 7 heteroatoms. The second-order valence-corrected chi connectivity index (χ2v) is 10.2. The summed E-state index contributed by atoms with van der Waals surface area (Å²) in [5, 5.41) is 4.13. The molecule has 3 rings (SSSR count). The van der Waals surface area contributed by atoms with Crippen molar-refractivity contribution in [1.82, 2.24) is 19.8 Å². The Morgan fingerprint density at radius 1 is 1.12 bits per heavy atom. The molecule has 3 aromatic rings. The first-order chi connectivity index (χ1) is 16.1. The van der Waals surface area contributed by atoms with Crippen molar-refractivity contribution in [2.45, 2.75) is 71.9 Å². The molecule has 0 fully saturated rings. The minimum Gasteiger partial charge on any atom is -0.333 e. The van der Waals surface area contributed by atoms with Crippen LogP contribution in [0.4, 0.5) is 4.79 Å². The van der Waals surface area contributed by atoms with Crippen LogP contribution >= 0.6 is 11.6 Å². The third-order valence-corrected chi connectivity index (χ3v) is 5.94. The molecule has 0 aliphatic rings. The van der Waals surface area contributed by atoms with Gasteiger partial charge < -0.3 is 10.2 Å². The summed E-state index contributed by atoms with van der Waals surface area (Å²) in [6, 6.07) is 13.8. The molecule has 0 aliphatic heterocycles. The summed E-state index contributed by atoms with van der Waals surface area (Å²) in [4.78, 5) is 33.7. The van der Waals surface area contributed by atoms with E-state index in [9.17, 15) is 9.59 Å². The van der Waals surface area contributed by atoms with Crippen LogP contribution in [0.25, 0.3) is 16.6 Å². The van der Waals surface area contributed by atoms with Crippen LogP contribution < -0.4 is 10.9 Å². The molecule has 2 amide bonds. The number of carbonyl (C=O) groups is 1. The van der Waals surface area contributed by atoms with E-state index in [1.165, 1.54) is 0 Å². The fourth-order valence-corrected chi connectivity index (χ4v) is 4.19. The maximum atomic E-state index is 13.6. The molecule has 1 aromatic heterocycles. The average molecular weight is 483 g/mol. The zero-order chi connectivity index (χ0) is 24.9. The monoisotopic (exact) mass is 482 g/mol. The van der Waals surface area contributed by atoms with Crippen LogP contribution in [0.2, 0.25) is 5.02 Å². The zero-order valence-corrected chi connectivity index (χ0v) is 21.5. The first-order valence-corrected chi connectivity index (χ1v) is 12.4. The molecule has 0 saturated heterocycles. The van der Waals surface area contributed by atoms with Crippen LogP contribution in [0.3, 0.4) is 0 Å². The Bertz CT molecular complexity index is 1200. The molecule has 182 valence electrons. The van der Waals surface area contributed by atoms with Crippen molar-refractivity contribution in [2.24, 2.45) is 0 Å². The van der Waals surface area contributed by atoms with Gasteiger partial charge in [0.2, 0.25) is 0 Å². The maximum Gasteiger partial charge on any atom is 0.318 e. The molecule has 1 N–H and O–H groups in total. The lowest BCUT2D eigenvalue weighted by atomic mass is 10.1. The third-order valence-electron chi connectivity index (χ3n) is 5.70. The molecular formula is C27H35ClN4O2. The van der Waals surface area contributed by atoms with Gasteiger partial charge in [0.25, 0.3) is 5.56 Å². The van der Waals surface area contributed by atoms with Gasteiger partial charge in [-0.1, -0.05) is 56.0 Å². The Morgan fingerprint density at radius 2 is 1.85 bits per heavy atom. The van der Waals surface area contributed by atoms with E-state index in [-0.39, 0.29) is 17.1 Å². The third kappa shape index (κ3) is 6.17. The fraction of sp³-hybridized carbons (Fsp3) is 0.444. The van der Waals surface area contributed by atoms with Crippen LogP contribution in [-0.2, 0) is 0 Å². The number of hydrogen-bond acceptors (Lipinski definition) is 3. The summed E-state index contributed by atoms with van der Waals surface area (Å²) in [5.74, 6) is 0.505. The van der Waals surface area contributed by atoms with Crippen LogP contribution in [0.1, 0.15) is 72.2 Å². The largest absolute Gasteiger partial charge is 0.333 e. The molecule has 0 bridgehead atoms. The minimum atomic E-state index is -0.444. The number of aromatic nitrogens is 2. The van der Waals surface area contributed by atoms with Crippen LogP contribution in [0.5, 0.6) is 0 Å². The summed E-state index contributed by atoms with van der Waals surface area (Å²) >= 11 is 6.27. The number of hydrogen-bond donors (Lipinski definition) is 1. The van der Waals surface area contributed by atoms with Gasteiger partial charge in [0.1, 0.15) is 5.82 Å². The quantitative estimate of drug-likeness (QED) is 0.373. The highest BCUT2D eigenvalue weighted by molar-refractivity contribution is 6.30. The summed E-state index contributed by atoms with van der Waals surface area (Å²) in [7, 11) is 0. The summed E-state index contributed by atoms with van der Waals surface area (Å²) in [6.07, 6.45) is 4.15. The first-order valence-electron chi connectivity index (χ1n) is 12.0. The van der Waals surface area contributed by atoms with Crippen molar-refractivity contribution in [2.75, 3.05) is 6.54 Å². The highest BCUT2D eigenvalue weighted by Gasteiger charge is 2.28. The SMILES string of the molecule is CCCCCCN(C(=O)NC(C)(C)C)C(C)c1nc2ccccc2c(=O)n1-c1cccc(Cl)c1. The van der Waals surface area contributed by atoms with E-state index in [0.717, 1.165) is 25.7 Å². The number of carbonyl (C=O) groups excluding carboxylic acids is 1. The molecule has 0 spiro atoms. The van der Waals surface area contributed by atoms with Gasteiger partial charge in [-0.25, -0.2) is 9.78 Å². The summed E-state index contributed by atoms with van der Waals surface area (Å²) in [6.45, 7) is 10.5. The molecule has 0 radical (unpaired) electrons. The Balaban J connectivity index is 2.14. The topological polar surface area (TPSA) is 67.2 Å². The van der Waals surface area contributed by atoms with E-state index in [1.54, 1.807) is 27.7 Å². The van der Waals surface area contributed by atoms with E-state index in [4.69, 9.17) is 16.6 Å². The van der Waals surface area contributed by atoms with Gasteiger partial charge in [0, 0.05) is 17.1 Å². The molecule has 1 heterocycles. The Labute approximate surface area is 206 Å². The number of urea groups is 1. The van der Waals surface area contributed by atoms with E-state index >= 15 is 0 Å².